The van der Waals surface area contributed by atoms with Crippen LogP contribution in [0.3, 0.4) is 0 Å². The first-order valence-electron chi connectivity index (χ1n) is 10.6. The fourth-order valence-electron chi connectivity index (χ4n) is 3.18. The molecule has 0 radical (unpaired) electrons. The van der Waals surface area contributed by atoms with Crippen molar-refractivity contribution in [2.45, 2.75) is 32.9 Å². The molecule has 162 valence electrons. The molecule has 3 rings (SSSR count). The van der Waals surface area contributed by atoms with Gasteiger partial charge in [0.2, 0.25) is 5.56 Å². The second-order valence-electron chi connectivity index (χ2n) is 7.32. The number of aryl methyl sites for hydroxylation is 2. The lowest BCUT2D eigenvalue weighted by Gasteiger charge is -2.15. The molecule has 31 heavy (non-hydrogen) atoms. The third-order valence-electron chi connectivity index (χ3n) is 4.88. The lowest BCUT2D eigenvalue weighted by Crippen LogP contribution is -2.37. The van der Waals surface area contributed by atoms with Crippen LogP contribution < -0.4 is 20.9 Å². The van der Waals surface area contributed by atoms with E-state index in [1.807, 2.05) is 48.7 Å². The molecule has 6 heteroatoms. The summed E-state index contributed by atoms with van der Waals surface area (Å²) in [6.45, 7) is 4.15. The maximum Gasteiger partial charge on any atom is 0.250 e. The SMILES string of the molecule is CN=C(NCCCCn1ccccc1=O)NCc1ccc(C)cc1Oc1ccccc1. The van der Waals surface area contributed by atoms with Crippen LogP contribution >= 0.6 is 0 Å². The number of guanidine groups is 1. The first-order valence-corrected chi connectivity index (χ1v) is 10.6. The molecule has 1 heterocycles. The van der Waals surface area contributed by atoms with Gasteiger partial charge in [-0.3, -0.25) is 9.79 Å². The molecule has 0 bridgehead atoms. The van der Waals surface area contributed by atoms with E-state index in [1.165, 1.54) is 0 Å². The summed E-state index contributed by atoms with van der Waals surface area (Å²) in [7, 11) is 1.76. The Balaban J connectivity index is 1.48. The predicted octanol–water partition coefficient (Wildman–Crippen LogP) is 4.09. The first-order chi connectivity index (χ1) is 15.2. The van der Waals surface area contributed by atoms with Gasteiger partial charge >= 0.3 is 0 Å². The van der Waals surface area contributed by atoms with Gasteiger partial charge in [0.15, 0.2) is 5.96 Å². The highest BCUT2D eigenvalue weighted by atomic mass is 16.5. The van der Waals surface area contributed by atoms with Crippen molar-refractivity contribution in [3.63, 3.8) is 0 Å². The number of nitrogens with zero attached hydrogens (tertiary/aromatic N) is 2. The van der Waals surface area contributed by atoms with Gasteiger partial charge in [-0.2, -0.15) is 0 Å². The van der Waals surface area contributed by atoms with E-state index in [9.17, 15) is 4.79 Å². The van der Waals surface area contributed by atoms with Gasteiger partial charge in [0.05, 0.1) is 0 Å². The zero-order valence-electron chi connectivity index (χ0n) is 18.2. The molecule has 0 spiro atoms. The Morgan fingerprint density at radius 1 is 1.00 bits per heavy atom. The molecule has 0 aliphatic rings. The summed E-state index contributed by atoms with van der Waals surface area (Å²) in [5.41, 5.74) is 2.25. The topological polar surface area (TPSA) is 67.7 Å². The molecule has 0 aliphatic carbocycles. The highest BCUT2D eigenvalue weighted by Crippen LogP contribution is 2.26. The Kier molecular flexibility index (Phi) is 8.29. The van der Waals surface area contributed by atoms with Crippen LogP contribution in [-0.4, -0.2) is 24.1 Å². The average molecular weight is 419 g/mol. The molecule has 6 nitrogen and oxygen atoms in total. The van der Waals surface area contributed by atoms with Gasteiger partial charge in [0.1, 0.15) is 11.5 Å². The van der Waals surface area contributed by atoms with Crippen LogP contribution in [0.4, 0.5) is 0 Å². The van der Waals surface area contributed by atoms with Crippen LogP contribution in [0.25, 0.3) is 0 Å². The van der Waals surface area contributed by atoms with E-state index in [1.54, 1.807) is 23.7 Å². The Morgan fingerprint density at radius 2 is 1.81 bits per heavy atom. The van der Waals surface area contributed by atoms with Crippen molar-refractivity contribution in [3.05, 3.63) is 94.4 Å². The number of rotatable bonds is 9. The van der Waals surface area contributed by atoms with Gasteiger partial charge in [-0.05, 0) is 49.6 Å². The number of aliphatic imine (C=N–C) groups is 1. The van der Waals surface area contributed by atoms with Gasteiger partial charge in [0.25, 0.3) is 0 Å². The van der Waals surface area contributed by atoms with Crippen molar-refractivity contribution in [2.24, 2.45) is 4.99 Å². The number of hydrogen-bond acceptors (Lipinski definition) is 3. The van der Waals surface area contributed by atoms with E-state index in [0.29, 0.717) is 6.54 Å². The average Bonchev–Trinajstić information content (AvgIpc) is 2.78. The van der Waals surface area contributed by atoms with Crippen molar-refractivity contribution in [1.29, 1.82) is 0 Å². The maximum absolute atomic E-state index is 11.7. The minimum Gasteiger partial charge on any atom is -0.457 e. The number of pyridine rings is 1. The third-order valence-corrected chi connectivity index (χ3v) is 4.88. The Bertz CT molecular complexity index is 1040. The summed E-state index contributed by atoms with van der Waals surface area (Å²) in [5, 5.41) is 6.68. The zero-order chi connectivity index (χ0) is 21.9. The van der Waals surface area contributed by atoms with Crippen LogP contribution in [0, 0.1) is 6.92 Å². The standard InChI is InChI=1S/C25H30N4O2/c1-20-13-14-21(23(18-20)31-22-10-4-3-5-11-22)19-28-25(26-2)27-15-7-9-17-29-16-8-6-12-24(29)30/h3-6,8,10-14,16,18H,7,9,15,17,19H2,1-2H3,(H2,26,27,28). The van der Waals surface area contributed by atoms with Crippen molar-refractivity contribution < 1.29 is 4.74 Å². The highest BCUT2D eigenvalue weighted by molar-refractivity contribution is 5.79. The second kappa shape index (κ2) is 11.6. The largest absolute Gasteiger partial charge is 0.457 e. The number of nitrogens with one attached hydrogen (secondary N) is 2. The minimum absolute atomic E-state index is 0.0413. The quantitative estimate of drug-likeness (QED) is 0.312. The molecule has 0 unspecified atom stereocenters. The summed E-state index contributed by atoms with van der Waals surface area (Å²) >= 11 is 0. The van der Waals surface area contributed by atoms with Gasteiger partial charge in [-0.25, -0.2) is 0 Å². The van der Waals surface area contributed by atoms with E-state index in [2.05, 4.69) is 34.7 Å². The van der Waals surface area contributed by atoms with Gasteiger partial charge in [-0.1, -0.05) is 36.4 Å². The molecule has 2 aromatic carbocycles. The zero-order valence-corrected chi connectivity index (χ0v) is 18.2. The van der Waals surface area contributed by atoms with Crippen molar-refractivity contribution in [2.75, 3.05) is 13.6 Å². The maximum atomic E-state index is 11.7. The summed E-state index contributed by atoms with van der Waals surface area (Å²) in [6, 6.07) is 21.2. The minimum atomic E-state index is 0.0413. The lowest BCUT2D eigenvalue weighted by atomic mass is 10.1. The third kappa shape index (κ3) is 7.03. The van der Waals surface area contributed by atoms with Crippen LogP contribution in [0.2, 0.25) is 0 Å². The summed E-state index contributed by atoms with van der Waals surface area (Å²) in [4.78, 5) is 16.0. The Morgan fingerprint density at radius 3 is 2.58 bits per heavy atom. The smallest absolute Gasteiger partial charge is 0.250 e. The molecule has 3 aromatic rings. The van der Waals surface area contributed by atoms with Gasteiger partial charge in [0, 0.05) is 44.5 Å². The molecule has 2 N–H and O–H groups in total. The summed E-state index contributed by atoms with van der Waals surface area (Å²) in [6.07, 6.45) is 3.68. The van der Waals surface area contributed by atoms with E-state index >= 15 is 0 Å². The number of benzene rings is 2. The molecule has 0 atom stereocenters. The molecular formula is C25H30N4O2. The van der Waals surface area contributed by atoms with E-state index in [0.717, 1.165) is 54.5 Å². The van der Waals surface area contributed by atoms with Gasteiger partial charge < -0.3 is 19.9 Å². The number of hydrogen-bond donors (Lipinski definition) is 2. The van der Waals surface area contributed by atoms with Crippen molar-refractivity contribution >= 4 is 5.96 Å². The highest BCUT2D eigenvalue weighted by Gasteiger charge is 2.07. The predicted molar refractivity (Wildman–Crippen MR) is 126 cm³/mol. The Hall–Kier alpha value is -3.54. The second-order valence-corrected chi connectivity index (χ2v) is 7.32. The normalized spacial score (nSPS) is 11.2. The van der Waals surface area contributed by atoms with E-state index < -0.39 is 0 Å². The fourth-order valence-corrected chi connectivity index (χ4v) is 3.18. The molecule has 0 saturated heterocycles. The van der Waals surface area contributed by atoms with Crippen molar-refractivity contribution in [3.8, 4) is 11.5 Å². The number of ether oxygens (including phenoxy) is 1. The number of unbranched alkanes of at least 4 members (excludes halogenated alkanes) is 1. The molecule has 1 aromatic heterocycles. The van der Waals surface area contributed by atoms with E-state index in [4.69, 9.17) is 4.74 Å². The lowest BCUT2D eigenvalue weighted by molar-refractivity contribution is 0.474. The Labute approximate surface area is 183 Å². The van der Waals surface area contributed by atoms with Crippen LogP contribution in [0.1, 0.15) is 24.0 Å². The van der Waals surface area contributed by atoms with Gasteiger partial charge in [-0.15, -0.1) is 0 Å². The fraction of sp³-hybridized carbons (Fsp3) is 0.280. The summed E-state index contributed by atoms with van der Waals surface area (Å²) < 4.78 is 7.83. The first kappa shape index (κ1) is 22.2. The van der Waals surface area contributed by atoms with Crippen LogP contribution in [0.5, 0.6) is 11.5 Å². The van der Waals surface area contributed by atoms with Crippen molar-refractivity contribution in [1.82, 2.24) is 15.2 Å². The number of para-hydroxylation sites is 1. The summed E-state index contributed by atoms with van der Waals surface area (Å²) in [5.74, 6) is 2.39. The number of aromatic nitrogens is 1. The molecular weight excluding hydrogens is 388 g/mol. The molecule has 0 fully saturated rings. The van der Waals surface area contributed by atoms with E-state index in [-0.39, 0.29) is 5.56 Å². The molecule has 0 amide bonds. The van der Waals surface area contributed by atoms with Crippen LogP contribution in [-0.2, 0) is 13.1 Å². The molecule has 0 saturated carbocycles. The van der Waals surface area contributed by atoms with Crippen LogP contribution in [0.15, 0.2) is 82.7 Å². The molecule has 0 aliphatic heterocycles. The monoisotopic (exact) mass is 418 g/mol.